The summed E-state index contributed by atoms with van der Waals surface area (Å²) in [4.78, 5) is 4.38. The lowest BCUT2D eigenvalue weighted by atomic mass is 10.2. The molecule has 18 heavy (non-hydrogen) atoms. The third-order valence-electron chi connectivity index (χ3n) is 3.25. The molecule has 1 aliphatic rings. The number of likely N-dealkylation sites (N-methyl/N-ethyl adjacent to an activating group) is 1. The fourth-order valence-corrected chi connectivity index (χ4v) is 2.08. The summed E-state index contributed by atoms with van der Waals surface area (Å²) in [6, 6.07) is 5.64. The minimum atomic E-state index is -0.305. The molecule has 0 radical (unpaired) electrons. The van der Waals surface area contributed by atoms with Crippen molar-refractivity contribution in [1.82, 2.24) is 9.80 Å². The Labute approximate surface area is 108 Å². The zero-order valence-corrected chi connectivity index (χ0v) is 10.7. The van der Waals surface area contributed by atoms with Gasteiger partial charge in [0.15, 0.2) is 6.04 Å². The monoisotopic (exact) mass is 249 g/mol. The largest absolute Gasteiger partial charge is 0.467 e. The van der Waals surface area contributed by atoms with Crippen LogP contribution in [0.25, 0.3) is 0 Å². The van der Waals surface area contributed by atoms with Crippen LogP contribution in [0.2, 0.25) is 0 Å². The fraction of sp³-hybridized carbons (Fsp3) is 0.615. The minimum Gasteiger partial charge on any atom is -0.467 e. The highest BCUT2D eigenvalue weighted by Crippen LogP contribution is 2.18. The number of ether oxygens (including phenoxy) is 1. The van der Waals surface area contributed by atoms with E-state index in [4.69, 9.17) is 9.15 Å². The third kappa shape index (κ3) is 3.33. The van der Waals surface area contributed by atoms with Crippen LogP contribution < -0.4 is 0 Å². The number of furan rings is 1. The van der Waals surface area contributed by atoms with Crippen LogP contribution in [0.4, 0.5) is 0 Å². The van der Waals surface area contributed by atoms with Crippen molar-refractivity contribution in [3.8, 4) is 6.07 Å². The van der Waals surface area contributed by atoms with Gasteiger partial charge in [-0.15, -0.1) is 0 Å². The lowest BCUT2D eigenvalue weighted by molar-refractivity contribution is 0.0332. The predicted octanol–water partition coefficient (Wildman–Crippen LogP) is 1.11. The van der Waals surface area contributed by atoms with E-state index in [9.17, 15) is 5.26 Å². The molecule has 98 valence electrons. The predicted molar refractivity (Wildman–Crippen MR) is 67.0 cm³/mol. The van der Waals surface area contributed by atoms with Gasteiger partial charge in [0.2, 0.25) is 0 Å². The Morgan fingerprint density at radius 2 is 2.28 bits per heavy atom. The number of hydrogen-bond donors (Lipinski definition) is 0. The molecule has 0 amide bonds. The van der Waals surface area contributed by atoms with Crippen LogP contribution in [0.1, 0.15) is 11.8 Å². The number of morpholine rings is 1. The summed E-state index contributed by atoms with van der Waals surface area (Å²) in [5.41, 5.74) is 0. The van der Waals surface area contributed by atoms with E-state index in [2.05, 4.69) is 11.0 Å². The number of nitrogens with zero attached hydrogens (tertiary/aromatic N) is 3. The third-order valence-corrected chi connectivity index (χ3v) is 3.25. The molecule has 0 N–H and O–H groups in total. The summed E-state index contributed by atoms with van der Waals surface area (Å²) < 4.78 is 10.6. The zero-order valence-electron chi connectivity index (χ0n) is 10.7. The minimum absolute atomic E-state index is 0.305. The maximum Gasteiger partial charge on any atom is 0.156 e. The van der Waals surface area contributed by atoms with Crippen molar-refractivity contribution in [1.29, 1.82) is 5.26 Å². The topological polar surface area (TPSA) is 52.6 Å². The molecule has 0 spiro atoms. The first kappa shape index (κ1) is 13.1. The molecule has 1 fully saturated rings. The highest BCUT2D eigenvalue weighted by molar-refractivity contribution is 5.12. The summed E-state index contributed by atoms with van der Waals surface area (Å²) in [7, 11) is 1.96. The second-order valence-electron chi connectivity index (χ2n) is 4.48. The van der Waals surface area contributed by atoms with Gasteiger partial charge in [-0.25, -0.2) is 0 Å². The molecule has 0 saturated carbocycles. The molecule has 1 atom stereocenters. The van der Waals surface area contributed by atoms with Gasteiger partial charge in [0, 0.05) is 26.2 Å². The first-order valence-electron chi connectivity index (χ1n) is 6.24. The number of rotatable bonds is 5. The van der Waals surface area contributed by atoms with Crippen LogP contribution >= 0.6 is 0 Å². The van der Waals surface area contributed by atoms with Crippen molar-refractivity contribution >= 4 is 0 Å². The molecule has 0 bridgehead atoms. The van der Waals surface area contributed by atoms with Gasteiger partial charge >= 0.3 is 0 Å². The Balaban J connectivity index is 1.82. The summed E-state index contributed by atoms with van der Waals surface area (Å²) in [5, 5.41) is 9.22. The SMILES string of the molecule is CN(CCN1CCOCC1)C(C#N)c1ccco1. The summed E-state index contributed by atoms with van der Waals surface area (Å²) in [6.45, 7) is 5.38. The van der Waals surface area contributed by atoms with Crippen LogP contribution in [0.5, 0.6) is 0 Å². The molecule has 1 unspecified atom stereocenters. The summed E-state index contributed by atoms with van der Waals surface area (Å²) in [6.07, 6.45) is 1.61. The van der Waals surface area contributed by atoms with Gasteiger partial charge in [-0.05, 0) is 19.2 Å². The van der Waals surface area contributed by atoms with E-state index in [1.165, 1.54) is 0 Å². The smallest absolute Gasteiger partial charge is 0.156 e. The van der Waals surface area contributed by atoms with Crippen LogP contribution in [-0.2, 0) is 4.74 Å². The lowest BCUT2D eigenvalue weighted by Gasteiger charge is -2.29. The van der Waals surface area contributed by atoms with Crippen LogP contribution in [-0.4, -0.2) is 56.2 Å². The molecule has 1 saturated heterocycles. The second-order valence-corrected chi connectivity index (χ2v) is 4.48. The quantitative estimate of drug-likeness (QED) is 0.782. The summed E-state index contributed by atoms with van der Waals surface area (Å²) >= 11 is 0. The molecule has 0 aliphatic carbocycles. The second kappa shape index (κ2) is 6.55. The maximum atomic E-state index is 9.22. The summed E-state index contributed by atoms with van der Waals surface area (Å²) in [5.74, 6) is 0.710. The van der Waals surface area contributed by atoms with Gasteiger partial charge in [0.05, 0.1) is 25.5 Å². The Hall–Kier alpha value is -1.35. The van der Waals surface area contributed by atoms with E-state index in [0.717, 1.165) is 39.4 Å². The first-order chi connectivity index (χ1) is 8.81. The van der Waals surface area contributed by atoms with Crippen molar-refractivity contribution in [3.05, 3.63) is 24.2 Å². The van der Waals surface area contributed by atoms with Crippen molar-refractivity contribution < 1.29 is 9.15 Å². The molecule has 1 aliphatic heterocycles. The van der Waals surface area contributed by atoms with Crippen molar-refractivity contribution in [2.75, 3.05) is 46.4 Å². The molecule has 5 nitrogen and oxygen atoms in total. The van der Waals surface area contributed by atoms with Crippen molar-refractivity contribution in [2.45, 2.75) is 6.04 Å². The Morgan fingerprint density at radius 3 is 2.89 bits per heavy atom. The van der Waals surface area contributed by atoms with E-state index in [0.29, 0.717) is 5.76 Å². The molecule has 5 heteroatoms. The lowest BCUT2D eigenvalue weighted by Crippen LogP contribution is -2.41. The van der Waals surface area contributed by atoms with Crippen molar-refractivity contribution in [2.24, 2.45) is 0 Å². The normalized spacial score (nSPS) is 18.7. The number of hydrogen-bond acceptors (Lipinski definition) is 5. The highest BCUT2D eigenvalue weighted by Gasteiger charge is 2.20. The molecular formula is C13H19N3O2. The molecule has 1 aromatic rings. The molecule has 0 aromatic carbocycles. The zero-order chi connectivity index (χ0) is 12.8. The fourth-order valence-electron chi connectivity index (χ4n) is 2.08. The molecular weight excluding hydrogens is 230 g/mol. The Kier molecular flexibility index (Phi) is 4.76. The van der Waals surface area contributed by atoms with Gasteiger partial charge in [-0.2, -0.15) is 5.26 Å². The Morgan fingerprint density at radius 1 is 1.50 bits per heavy atom. The average molecular weight is 249 g/mol. The maximum absolute atomic E-state index is 9.22. The van der Waals surface area contributed by atoms with E-state index in [1.54, 1.807) is 6.26 Å². The van der Waals surface area contributed by atoms with Gasteiger partial charge in [0.25, 0.3) is 0 Å². The average Bonchev–Trinajstić information content (AvgIpc) is 2.92. The van der Waals surface area contributed by atoms with Crippen molar-refractivity contribution in [3.63, 3.8) is 0 Å². The van der Waals surface area contributed by atoms with Gasteiger partial charge in [-0.1, -0.05) is 0 Å². The first-order valence-corrected chi connectivity index (χ1v) is 6.24. The van der Waals surface area contributed by atoms with Crippen LogP contribution in [0, 0.1) is 11.3 Å². The van der Waals surface area contributed by atoms with E-state index < -0.39 is 0 Å². The van der Waals surface area contributed by atoms with E-state index in [1.807, 2.05) is 24.1 Å². The Bertz CT molecular complexity index is 379. The van der Waals surface area contributed by atoms with E-state index in [-0.39, 0.29) is 6.04 Å². The van der Waals surface area contributed by atoms with Gasteiger partial charge in [0.1, 0.15) is 5.76 Å². The van der Waals surface area contributed by atoms with Gasteiger partial charge < -0.3 is 9.15 Å². The molecule has 1 aromatic heterocycles. The highest BCUT2D eigenvalue weighted by atomic mass is 16.5. The van der Waals surface area contributed by atoms with Crippen LogP contribution in [0.15, 0.2) is 22.8 Å². The number of nitriles is 1. The standard InChI is InChI=1S/C13H19N3O2/c1-15(4-5-16-6-9-17-10-7-16)12(11-14)13-3-2-8-18-13/h2-3,8,12H,4-7,9-10H2,1H3. The molecule has 2 heterocycles. The van der Waals surface area contributed by atoms with Gasteiger partial charge in [-0.3, -0.25) is 9.80 Å². The van der Waals surface area contributed by atoms with Crippen LogP contribution in [0.3, 0.4) is 0 Å². The molecule has 2 rings (SSSR count). The van der Waals surface area contributed by atoms with E-state index >= 15 is 0 Å².